The quantitative estimate of drug-likeness (QED) is 0.780. The highest BCUT2D eigenvalue weighted by Gasteiger charge is 2.31. The predicted molar refractivity (Wildman–Crippen MR) is 90.2 cm³/mol. The monoisotopic (exact) mass is 331 g/mol. The lowest BCUT2D eigenvalue weighted by Gasteiger charge is -2.26. The van der Waals surface area contributed by atoms with Crippen molar-refractivity contribution in [2.24, 2.45) is 0 Å². The van der Waals surface area contributed by atoms with Gasteiger partial charge in [0.1, 0.15) is 0 Å². The highest BCUT2D eigenvalue weighted by Crippen LogP contribution is 2.18. The Labute approximate surface area is 142 Å². The van der Waals surface area contributed by atoms with Gasteiger partial charge in [0.15, 0.2) is 0 Å². The molecule has 1 saturated heterocycles. The summed E-state index contributed by atoms with van der Waals surface area (Å²) in [6.45, 7) is 1.13. The summed E-state index contributed by atoms with van der Waals surface area (Å²) < 4.78 is 0. The lowest BCUT2D eigenvalue weighted by atomic mass is 9.93. The minimum absolute atomic E-state index is 0.0740. The highest BCUT2D eigenvalue weighted by atomic mass is 16.3. The van der Waals surface area contributed by atoms with Crippen molar-refractivity contribution in [1.29, 1.82) is 0 Å². The van der Waals surface area contributed by atoms with Gasteiger partial charge in [-0.25, -0.2) is 4.79 Å². The molecule has 0 radical (unpaired) electrons. The summed E-state index contributed by atoms with van der Waals surface area (Å²) in [5, 5.41) is 15.4. The molecule has 1 heterocycles. The number of urea groups is 1. The smallest absolute Gasteiger partial charge is 0.315 e. The van der Waals surface area contributed by atoms with Gasteiger partial charge in [-0.05, 0) is 31.2 Å². The largest absolute Gasteiger partial charge is 0.393 e. The van der Waals surface area contributed by atoms with E-state index in [-0.39, 0.29) is 30.1 Å². The maximum absolute atomic E-state index is 12.1. The van der Waals surface area contributed by atoms with E-state index in [1.807, 2.05) is 30.3 Å². The van der Waals surface area contributed by atoms with Crippen LogP contribution in [0.3, 0.4) is 0 Å². The van der Waals surface area contributed by atoms with E-state index in [9.17, 15) is 14.7 Å². The molecule has 1 aliphatic heterocycles. The molecule has 130 valence electrons. The van der Waals surface area contributed by atoms with Crippen molar-refractivity contribution in [3.05, 3.63) is 35.9 Å². The third-order valence-corrected chi connectivity index (χ3v) is 4.80. The Morgan fingerprint density at radius 3 is 2.46 bits per heavy atom. The second kappa shape index (κ2) is 7.66. The van der Waals surface area contributed by atoms with Crippen molar-refractivity contribution >= 4 is 11.9 Å². The van der Waals surface area contributed by atoms with Crippen molar-refractivity contribution in [3.8, 4) is 0 Å². The molecule has 6 heteroatoms. The molecular formula is C18H25N3O3. The van der Waals surface area contributed by atoms with E-state index in [4.69, 9.17) is 0 Å². The maximum atomic E-state index is 12.1. The summed E-state index contributed by atoms with van der Waals surface area (Å²) in [6, 6.07) is 9.63. The molecular weight excluding hydrogens is 306 g/mol. The molecule has 24 heavy (non-hydrogen) atoms. The van der Waals surface area contributed by atoms with Crippen LogP contribution in [-0.4, -0.2) is 46.7 Å². The molecule has 1 aromatic rings. The van der Waals surface area contributed by atoms with Crippen molar-refractivity contribution in [1.82, 2.24) is 15.5 Å². The van der Waals surface area contributed by atoms with E-state index >= 15 is 0 Å². The van der Waals surface area contributed by atoms with Crippen molar-refractivity contribution in [2.45, 2.75) is 56.8 Å². The zero-order chi connectivity index (χ0) is 16.9. The third-order valence-electron chi connectivity index (χ3n) is 4.80. The average Bonchev–Trinajstić information content (AvgIpc) is 2.90. The molecule has 3 N–H and O–H groups in total. The first-order valence-corrected chi connectivity index (χ1v) is 8.67. The Morgan fingerprint density at radius 2 is 1.75 bits per heavy atom. The molecule has 0 aromatic heterocycles. The average molecular weight is 331 g/mol. The van der Waals surface area contributed by atoms with Crippen molar-refractivity contribution in [3.63, 3.8) is 0 Å². The number of carbonyl (C=O) groups is 2. The Hall–Kier alpha value is -2.08. The van der Waals surface area contributed by atoms with E-state index < -0.39 is 0 Å². The third kappa shape index (κ3) is 4.47. The van der Waals surface area contributed by atoms with Gasteiger partial charge in [-0.2, -0.15) is 0 Å². The van der Waals surface area contributed by atoms with Crippen LogP contribution >= 0.6 is 0 Å². The molecule has 0 spiro atoms. The number of aliphatic hydroxyl groups excluding tert-OH is 1. The van der Waals surface area contributed by atoms with Crippen LogP contribution in [0.5, 0.6) is 0 Å². The molecule has 0 bridgehead atoms. The molecule has 3 rings (SSSR count). The van der Waals surface area contributed by atoms with Crippen LogP contribution in [0, 0.1) is 0 Å². The van der Waals surface area contributed by atoms with E-state index in [2.05, 4.69) is 10.6 Å². The summed E-state index contributed by atoms with van der Waals surface area (Å²) >= 11 is 0. The van der Waals surface area contributed by atoms with Crippen LogP contribution < -0.4 is 10.6 Å². The minimum Gasteiger partial charge on any atom is -0.393 e. The van der Waals surface area contributed by atoms with Crippen molar-refractivity contribution in [2.75, 3.05) is 6.54 Å². The number of carbonyl (C=O) groups excluding carboxylic acids is 2. The normalized spacial score (nSPS) is 27.1. The Kier molecular flexibility index (Phi) is 5.35. The zero-order valence-corrected chi connectivity index (χ0v) is 13.8. The van der Waals surface area contributed by atoms with Gasteiger partial charge in [0.05, 0.1) is 12.1 Å². The predicted octanol–water partition coefficient (Wildman–Crippen LogP) is 1.39. The SMILES string of the molecule is O=C(NC1CCC(O)CC1)NC1CC(=O)N(Cc2ccccc2)C1. The van der Waals surface area contributed by atoms with Crippen LogP contribution in [0.2, 0.25) is 0 Å². The number of rotatable bonds is 4. The second-order valence-electron chi connectivity index (χ2n) is 6.78. The van der Waals surface area contributed by atoms with E-state index in [0.29, 0.717) is 19.5 Å². The van der Waals surface area contributed by atoms with Crippen molar-refractivity contribution < 1.29 is 14.7 Å². The Morgan fingerprint density at radius 1 is 1.08 bits per heavy atom. The van der Waals surface area contributed by atoms with Crippen LogP contribution in [0.25, 0.3) is 0 Å². The van der Waals surface area contributed by atoms with Gasteiger partial charge in [-0.3, -0.25) is 4.79 Å². The van der Waals surface area contributed by atoms with Gasteiger partial charge in [0.25, 0.3) is 0 Å². The number of benzene rings is 1. The summed E-state index contributed by atoms with van der Waals surface area (Å²) in [4.78, 5) is 26.0. The number of likely N-dealkylation sites (tertiary alicyclic amines) is 1. The molecule has 1 saturated carbocycles. The number of hydrogen-bond donors (Lipinski definition) is 3. The number of amides is 3. The Balaban J connectivity index is 1.44. The van der Waals surface area contributed by atoms with E-state index in [1.165, 1.54) is 0 Å². The van der Waals surface area contributed by atoms with Crippen LogP contribution in [0.4, 0.5) is 4.79 Å². The summed E-state index contributed by atoms with van der Waals surface area (Å²) in [6.07, 6.45) is 3.19. The first-order chi connectivity index (χ1) is 11.6. The lowest BCUT2D eigenvalue weighted by Crippen LogP contribution is -2.48. The topological polar surface area (TPSA) is 81.7 Å². The molecule has 2 aliphatic rings. The summed E-state index contributed by atoms with van der Waals surface area (Å²) in [7, 11) is 0. The first kappa shape index (κ1) is 16.8. The van der Waals surface area contributed by atoms with Gasteiger partial charge in [0.2, 0.25) is 5.91 Å². The van der Waals surface area contributed by atoms with Gasteiger partial charge in [-0.1, -0.05) is 30.3 Å². The Bertz CT molecular complexity index is 570. The fourth-order valence-electron chi connectivity index (χ4n) is 3.46. The molecule has 6 nitrogen and oxygen atoms in total. The number of hydrogen-bond acceptors (Lipinski definition) is 3. The number of nitrogens with zero attached hydrogens (tertiary/aromatic N) is 1. The van der Waals surface area contributed by atoms with E-state index in [1.54, 1.807) is 4.90 Å². The maximum Gasteiger partial charge on any atom is 0.315 e. The standard InChI is InChI=1S/C18H25N3O3/c22-16-8-6-14(7-9-16)19-18(24)20-15-10-17(23)21(12-15)11-13-4-2-1-3-5-13/h1-5,14-16,22H,6-12H2,(H2,19,20,24). The minimum atomic E-state index is -0.231. The van der Waals surface area contributed by atoms with E-state index in [0.717, 1.165) is 31.2 Å². The molecule has 3 amide bonds. The number of nitrogens with one attached hydrogen (secondary N) is 2. The molecule has 2 fully saturated rings. The summed E-state index contributed by atoms with van der Waals surface area (Å²) in [5.74, 6) is 0.0740. The van der Waals surface area contributed by atoms with Crippen LogP contribution in [-0.2, 0) is 11.3 Å². The molecule has 1 aromatic carbocycles. The van der Waals surface area contributed by atoms with Gasteiger partial charge < -0.3 is 20.6 Å². The zero-order valence-electron chi connectivity index (χ0n) is 13.8. The lowest BCUT2D eigenvalue weighted by molar-refractivity contribution is -0.128. The molecule has 1 aliphatic carbocycles. The highest BCUT2D eigenvalue weighted by molar-refractivity contribution is 5.81. The fourth-order valence-corrected chi connectivity index (χ4v) is 3.46. The summed E-state index contributed by atoms with van der Waals surface area (Å²) in [5.41, 5.74) is 1.09. The van der Waals surface area contributed by atoms with Gasteiger partial charge >= 0.3 is 6.03 Å². The molecule has 1 atom stereocenters. The first-order valence-electron chi connectivity index (χ1n) is 8.67. The number of aliphatic hydroxyl groups is 1. The molecule has 1 unspecified atom stereocenters. The fraction of sp³-hybridized carbons (Fsp3) is 0.556. The van der Waals surface area contributed by atoms with Gasteiger partial charge in [0, 0.05) is 25.6 Å². The second-order valence-corrected chi connectivity index (χ2v) is 6.78. The van der Waals surface area contributed by atoms with Crippen LogP contribution in [0.15, 0.2) is 30.3 Å². The van der Waals surface area contributed by atoms with Gasteiger partial charge in [-0.15, -0.1) is 0 Å². The van der Waals surface area contributed by atoms with Crippen LogP contribution in [0.1, 0.15) is 37.7 Å².